The van der Waals surface area contributed by atoms with Crippen molar-refractivity contribution in [3.63, 3.8) is 0 Å². The van der Waals surface area contributed by atoms with Gasteiger partial charge in [-0.3, -0.25) is 9.78 Å². The molecule has 1 aromatic heterocycles. The molecule has 2 N–H and O–H groups in total. The van der Waals surface area contributed by atoms with Gasteiger partial charge in [-0.05, 0) is 30.5 Å². The van der Waals surface area contributed by atoms with Crippen LogP contribution < -0.4 is 10.0 Å². The van der Waals surface area contributed by atoms with E-state index >= 15 is 0 Å². The van der Waals surface area contributed by atoms with Gasteiger partial charge in [-0.2, -0.15) is 17.4 Å². The number of carbonyl (C=O) groups excluding carboxylic acids is 1. The van der Waals surface area contributed by atoms with Crippen molar-refractivity contribution in [2.24, 2.45) is 5.92 Å². The average molecular weight is 388 g/mol. The Bertz CT molecular complexity index is 836. The Kier molecular flexibility index (Phi) is 6.54. The van der Waals surface area contributed by atoms with Crippen LogP contribution in [0.4, 0.5) is 0 Å². The lowest BCUT2D eigenvalue weighted by Gasteiger charge is -2.30. The smallest absolute Gasteiger partial charge is 0.279 e. The van der Waals surface area contributed by atoms with Gasteiger partial charge in [-0.25, -0.2) is 0 Å². The normalized spacial score (nSPS) is 16.1. The Labute approximate surface area is 160 Å². The topological polar surface area (TPSA) is 91.4 Å². The zero-order valence-corrected chi connectivity index (χ0v) is 15.9. The maximum Gasteiger partial charge on any atom is 0.279 e. The van der Waals surface area contributed by atoms with E-state index in [1.165, 1.54) is 4.31 Å². The van der Waals surface area contributed by atoms with Crippen molar-refractivity contribution < 1.29 is 13.2 Å². The molecule has 1 aliphatic rings. The molecule has 7 nitrogen and oxygen atoms in total. The number of piperidine rings is 1. The quantitative estimate of drug-likeness (QED) is 0.751. The van der Waals surface area contributed by atoms with Crippen LogP contribution >= 0.6 is 0 Å². The first kappa shape index (κ1) is 19.5. The average Bonchev–Trinajstić information content (AvgIpc) is 2.72. The maximum atomic E-state index is 12.5. The fourth-order valence-corrected chi connectivity index (χ4v) is 4.27. The molecule has 1 fully saturated rings. The van der Waals surface area contributed by atoms with Crippen molar-refractivity contribution >= 4 is 16.1 Å². The lowest BCUT2D eigenvalue weighted by atomic mass is 9.97. The van der Waals surface area contributed by atoms with Crippen LogP contribution in [0.25, 0.3) is 0 Å². The van der Waals surface area contributed by atoms with Crippen LogP contribution in [0.15, 0.2) is 54.7 Å². The lowest BCUT2D eigenvalue weighted by molar-refractivity contribution is -0.126. The number of aromatic nitrogens is 1. The molecule has 0 unspecified atom stereocenters. The van der Waals surface area contributed by atoms with Gasteiger partial charge in [0.1, 0.15) is 0 Å². The molecule has 1 aliphatic heterocycles. The fraction of sp³-hybridized carbons (Fsp3) is 0.368. The minimum Gasteiger partial charge on any atom is -0.350 e. The summed E-state index contributed by atoms with van der Waals surface area (Å²) < 4.78 is 28.9. The molecule has 1 aromatic carbocycles. The predicted octanol–water partition coefficient (Wildman–Crippen LogP) is 1.44. The second-order valence-corrected chi connectivity index (χ2v) is 8.28. The van der Waals surface area contributed by atoms with Crippen molar-refractivity contribution in [3.05, 3.63) is 66.0 Å². The predicted molar refractivity (Wildman–Crippen MR) is 103 cm³/mol. The van der Waals surface area contributed by atoms with Crippen LogP contribution in [0.5, 0.6) is 0 Å². The Morgan fingerprint density at radius 1 is 1.04 bits per heavy atom. The van der Waals surface area contributed by atoms with Crippen LogP contribution in [0.1, 0.15) is 24.1 Å². The highest BCUT2D eigenvalue weighted by Gasteiger charge is 2.30. The standard InChI is InChI=1S/C19H24N4O3S/c24-19(21-15-18-8-4-5-11-20-18)17-9-12-23(13-10-17)27(25,26)22-14-16-6-2-1-3-7-16/h1-8,11,17,22H,9-10,12-15H2,(H,21,24). The van der Waals surface area contributed by atoms with Crippen LogP contribution in [-0.2, 0) is 28.1 Å². The first-order valence-electron chi connectivity index (χ1n) is 9.01. The summed E-state index contributed by atoms with van der Waals surface area (Å²) in [6.45, 7) is 1.32. The number of rotatable bonds is 7. The second kappa shape index (κ2) is 9.07. The van der Waals surface area contributed by atoms with E-state index in [0.717, 1.165) is 11.3 Å². The van der Waals surface area contributed by atoms with Crippen molar-refractivity contribution in [1.82, 2.24) is 19.3 Å². The number of hydrogen-bond donors (Lipinski definition) is 2. The molecule has 0 atom stereocenters. The van der Waals surface area contributed by atoms with Gasteiger partial charge in [0.15, 0.2) is 0 Å². The minimum absolute atomic E-state index is 0.0463. The number of hydrogen-bond acceptors (Lipinski definition) is 4. The summed E-state index contributed by atoms with van der Waals surface area (Å²) in [5.74, 6) is -0.218. The molecule has 1 saturated heterocycles. The molecule has 144 valence electrons. The van der Waals surface area contributed by atoms with Crippen LogP contribution in [0.2, 0.25) is 0 Å². The minimum atomic E-state index is -3.54. The molecule has 0 saturated carbocycles. The van der Waals surface area contributed by atoms with Gasteiger partial charge in [0, 0.05) is 31.7 Å². The summed E-state index contributed by atoms with van der Waals surface area (Å²) in [5.41, 5.74) is 1.71. The van der Waals surface area contributed by atoms with E-state index in [4.69, 9.17) is 0 Å². The number of nitrogens with zero attached hydrogens (tertiary/aromatic N) is 2. The summed E-state index contributed by atoms with van der Waals surface area (Å²) in [7, 11) is -3.54. The van der Waals surface area contributed by atoms with E-state index < -0.39 is 10.2 Å². The van der Waals surface area contributed by atoms with Crippen LogP contribution in [0.3, 0.4) is 0 Å². The fourth-order valence-electron chi connectivity index (χ4n) is 3.04. The van der Waals surface area contributed by atoms with Crippen molar-refractivity contribution in [3.8, 4) is 0 Å². The Morgan fingerprint density at radius 3 is 2.41 bits per heavy atom. The molecule has 0 aliphatic carbocycles. The lowest BCUT2D eigenvalue weighted by Crippen LogP contribution is -2.47. The van der Waals surface area contributed by atoms with Crippen molar-refractivity contribution in [1.29, 1.82) is 0 Å². The van der Waals surface area contributed by atoms with Gasteiger partial charge in [0.25, 0.3) is 10.2 Å². The first-order chi connectivity index (χ1) is 13.0. The molecule has 2 aromatic rings. The number of benzene rings is 1. The third-order valence-corrected chi connectivity index (χ3v) is 6.19. The van der Waals surface area contributed by atoms with Gasteiger partial charge in [-0.15, -0.1) is 0 Å². The van der Waals surface area contributed by atoms with E-state index in [2.05, 4.69) is 15.0 Å². The zero-order valence-electron chi connectivity index (χ0n) is 15.0. The maximum absolute atomic E-state index is 12.5. The molecule has 8 heteroatoms. The first-order valence-corrected chi connectivity index (χ1v) is 10.4. The number of carbonyl (C=O) groups is 1. The number of nitrogens with one attached hydrogen (secondary N) is 2. The van der Waals surface area contributed by atoms with E-state index in [1.807, 2.05) is 48.5 Å². The van der Waals surface area contributed by atoms with Crippen LogP contribution in [-0.4, -0.2) is 36.7 Å². The van der Waals surface area contributed by atoms with E-state index in [1.54, 1.807) is 6.20 Å². The Balaban J connectivity index is 1.45. The molecule has 2 heterocycles. The van der Waals surface area contributed by atoms with Gasteiger partial charge in [-0.1, -0.05) is 36.4 Å². The van der Waals surface area contributed by atoms with E-state index in [9.17, 15) is 13.2 Å². The Hall–Kier alpha value is -2.29. The Morgan fingerprint density at radius 2 is 1.74 bits per heavy atom. The van der Waals surface area contributed by atoms with Gasteiger partial charge >= 0.3 is 0 Å². The highest BCUT2D eigenvalue weighted by molar-refractivity contribution is 7.87. The zero-order chi connectivity index (χ0) is 19.1. The van der Waals surface area contributed by atoms with Gasteiger partial charge < -0.3 is 5.32 Å². The van der Waals surface area contributed by atoms with Gasteiger partial charge in [0.2, 0.25) is 5.91 Å². The molecule has 0 bridgehead atoms. The van der Waals surface area contributed by atoms with Crippen molar-refractivity contribution in [2.45, 2.75) is 25.9 Å². The molecular weight excluding hydrogens is 364 g/mol. The summed E-state index contributed by atoms with van der Waals surface area (Å²) in [5, 5.41) is 2.88. The third-order valence-electron chi connectivity index (χ3n) is 4.64. The summed E-state index contributed by atoms with van der Waals surface area (Å²) >= 11 is 0. The summed E-state index contributed by atoms with van der Waals surface area (Å²) in [6.07, 6.45) is 2.72. The van der Waals surface area contributed by atoms with E-state index in [0.29, 0.717) is 32.5 Å². The van der Waals surface area contributed by atoms with Crippen molar-refractivity contribution in [2.75, 3.05) is 13.1 Å². The van der Waals surface area contributed by atoms with E-state index in [-0.39, 0.29) is 18.4 Å². The van der Waals surface area contributed by atoms with Crippen LogP contribution in [0, 0.1) is 5.92 Å². The molecule has 0 radical (unpaired) electrons. The SMILES string of the molecule is O=C(NCc1ccccn1)C1CCN(S(=O)(=O)NCc2ccccc2)CC1. The summed E-state index contributed by atoms with van der Waals surface area (Å²) in [4.78, 5) is 16.5. The second-order valence-electron chi connectivity index (χ2n) is 6.52. The third kappa shape index (κ3) is 5.59. The molecule has 1 amide bonds. The number of amides is 1. The highest BCUT2D eigenvalue weighted by atomic mass is 32.2. The molecule has 27 heavy (non-hydrogen) atoms. The molecule has 3 rings (SSSR count). The summed E-state index contributed by atoms with van der Waals surface area (Å²) in [6, 6.07) is 14.9. The van der Waals surface area contributed by atoms with Gasteiger partial charge in [0.05, 0.1) is 12.2 Å². The largest absolute Gasteiger partial charge is 0.350 e. The molecule has 0 spiro atoms. The monoisotopic (exact) mass is 388 g/mol. The molecular formula is C19H24N4O3S. The highest BCUT2D eigenvalue weighted by Crippen LogP contribution is 2.19. The number of pyridine rings is 1.